The van der Waals surface area contributed by atoms with Gasteiger partial charge in [0.25, 0.3) is 0 Å². The molecule has 0 aliphatic carbocycles. The summed E-state index contributed by atoms with van der Waals surface area (Å²) in [7, 11) is 5.43. The molecule has 2 aliphatic rings. The van der Waals surface area contributed by atoms with Gasteiger partial charge in [0.1, 0.15) is 11.2 Å². The molecule has 2 heterocycles. The summed E-state index contributed by atoms with van der Waals surface area (Å²) in [6, 6.07) is 4.19. The van der Waals surface area contributed by atoms with Crippen LogP contribution in [0.2, 0.25) is 0 Å². The van der Waals surface area contributed by atoms with Crippen molar-refractivity contribution in [3.8, 4) is 34.1 Å². The number of benzene rings is 2. The molecule has 0 amide bonds. The summed E-state index contributed by atoms with van der Waals surface area (Å²) >= 11 is 0. The van der Waals surface area contributed by atoms with E-state index in [9.17, 15) is 0 Å². The second kappa shape index (κ2) is 7.75. The Balaban J connectivity index is 2.23. The molecule has 2 unspecified atom stereocenters. The maximum Gasteiger partial charge on any atom is 0.203 e. The molecule has 1 saturated heterocycles. The van der Waals surface area contributed by atoms with Gasteiger partial charge in [-0.1, -0.05) is 12.2 Å². The highest BCUT2D eigenvalue weighted by atomic mass is 32.3. The quantitative estimate of drug-likeness (QED) is 0.621. The van der Waals surface area contributed by atoms with E-state index in [0.717, 1.165) is 34.8 Å². The number of allylic oxidation sites excluding steroid dienone is 1. The maximum atomic E-state index is 6.37. The van der Waals surface area contributed by atoms with Crippen LogP contribution >= 0.6 is 10.0 Å². The van der Waals surface area contributed by atoms with Crippen LogP contribution in [-0.4, -0.2) is 47.1 Å². The first kappa shape index (κ1) is 20.9. The lowest BCUT2D eigenvalue weighted by Gasteiger charge is -2.45. The standard InChI is InChI=1S/C24H30O5S/c1-8-9-15-12-17(25-3)14(2)23-19(15)20-16(24-29-10-11-30(23,24)7)13-18(26-4)21(27-5)22(20)28-6/h8-9,12-13,24H,10-11H2,1-7H3. The predicted octanol–water partition coefficient (Wildman–Crippen LogP) is 5.57. The maximum absolute atomic E-state index is 6.37. The molecule has 0 bridgehead atoms. The predicted molar refractivity (Wildman–Crippen MR) is 123 cm³/mol. The zero-order chi connectivity index (χ0) is 21.6. The third-order valence-corrected chi connectivity index (χ3v) is 9.95. The molecule has 4 rings (SSSR count). The van der Waals surface area contributed by atoms with Gasteiger partial charge in [0.15, 0.2) is 11.5 Å². The van der Waals surface area contributed by atoms with Crippen molar-refractivity contribution in [1.82, 2.24) is 0 Å². The molecular weight excluding hydrogens is 400 g/mol. The van der Waals surface area contributed by atoms with Crippen molar-refractivity contribution >= 4 is 16.1 Å². The van der Waals surface area contributed by atoms with E-state index in [4.69, 9.17) is 23.7 Å². The van der Waals surface area contributed by atoms with E-state index >= 15 is 0 Å². The van der Waals surface area contributed by atoms with Gasteiger partial charge in [-0.05, 0) is 37.8 Å². The second-order valence-corrected chi connectivity index (χ2v) is 11.2. The number of hydrogen-bond acceptors (Lipinski definition) is 5. The molecule has 2 aromatic rings. The van der Waals surface area contributed by atoms with Crippen molar-refractivity contribution in [3.05, 3.63) is 34.9 Å². The number of ether oxygens (including phenoxy) is 5. The minimum atomic E-state index is -1.28. The summed E-state index contributed by atoms with van der Waals surface area (Å²) in [4.78, 5) is 1.34. The van der Waals surface area contributed by atoms with Crippen LogP contribution < -0.4 is 18.9 Å². The molecule has 30 heavy (non-hydrogen) atoms. The highest BCUT2D eigenvalue weighted by Gasteiger charge is 2.48. The number of hydrogen-bond donors (Lipinski definition) is 0. The van der Waals surface area contributed by atoms with Crippen molar-refractivity contribution in [1.29, 1.82) is 0 Å². The molecule has 6 heteroatoms. The van der Waals surface area contributed by atoms with Crippen LogP contribution in [0.3, 0.4) is 0 Å². The van der Waals surface area contributed by atoms with Gasteiger partial charge in [-0.25, -0.2) is 0 Å². The van der Waals surface area contributed by atoms with Crippen LogP contribution in [0, 0.1) is 6.92 Å². The smallest absolute Gasteiger partial charge is 0.203 e. The van der Waals surface area contributed by atoms with Crippen molar-refractivity contribution < 1.29 is 23.7 Å². The fourth-order valence-electron chi connectivity index (χ4n) is 4.90. The van der Waals surface area contributed by atoms with E-state index in [1.54, 1.807) is 28.4 Å². The fourth-order valence-corrected chi connectivity index (χ4v) is 8.60. The monoisotopic (exact) mass is 430 g/mol. The number of fused-ring (bicyclic) bond motifs is 6. The van der Waals surface area contributed by atoms with Gasteiger partial charge in [0.05, 0.1) is 35.0 Å². The fraction of sp³-hybridized carbons (Fsp3) is 0.417. The zero-order valence-corrected chi connectivity index (χ0v) is 19.6. The first-order valence-corrected chi connectivity index (χ1v) is 12.3. The summed E-state index contributed by atoms with van der Waals surface area (Å²) in [5.41, 5.74) is 5.61. The van der Waals surface area contributed by atoms with E-state index in [1.165, 1.54) is 16.0 Å². The normalized spacial score (nSPS) is 23.9. The van der Waals surface area contributed by atoms with E-state index in [2.05, 4.69) is 37.5 Å². The Bertz CT molecular complexity index is 1030. The third-order valence-electron chi connectivity index (χ3n) is 6.16. The summed E-state index contributed by atoms with van der Waals surface area (Å²) < 4.78 is 29.5. The molecule has 0 aromatic heterocycles. The Morgan fingerprint density at radius 1 is 0.967 bits per heavy atom. The molecule has 1 fully saturated rings. The molecule has 2 aliphatic heterocycles. The molecule has 5 nitrogen and oxygen atoms in total. The Morgan fingerprint density at radius 2 is 1.67 bits per heavy atom. The topological polar surface area (TPSA) is 46.2 Å². The highest BCUT2D eigenvalue weighted by molar-refractivity contribution is 8.33. The Kier molecular flexibility index (Phi) is 5.41. The molecule has 2 atom stereocenters. The van der Waals surface area contributed by atoms with Crippen LogP contribution in [0.5, 0.6) is 23.0 Å². The molecule has 0 spiro atoms. The van der Waals surface area contributed by atoms with Gasteiger partial charge in [0.2, 0.25) is 5.75 Å². The molecule has 0 saturated carbocycles. The molecule has 2 aromatic carbocycles. The third kappa shape index (κ3) is 2.73. The van der Waals surface area contributed by atoms with Crippen LogP contribution in [0.15, 0.2) is 23.1 Å². The zero-order valence-electron chi connectivity index (χ0n) is 18.8. The van der Waals surface area contributed by atoms with Gasteiger partial charge >= 0.3 is 0 Å². The lowest BCUT2D eigenvalue weighted by atomic mass is 9.91. The molecule has 0 radical (unpaired) electrons. The molecule has 0 N–H and O–H groups in total. The van der Waals surface area contributed by atoms with Crippen molar-refractivity contribution in [3.63, 3.8) is 0 Å². The largest absolute Gasteiger partial charge is 0.496 e. The number of methoxy groups -OCH3 is 4. The minimum absolute atomic E-state index is 0.0158. The summed E-state index contributed by atoms with van der Waals surface area (Å²) in [5.74, 6) is 3.86. The van der Waals surface area contributed by atoms with Crippen molar-refractivity contribution in [2.75, 3.05) is 47.1 Å². The second-order valence-electron chi connectivity index (χ2n) is 7.67. The van der Waals surface area contributed by atoms with Gasteiger partial charge < -0.3 is 23.7 Å². The number of rotatable bonds is 5. The van der Waals surface area contributed by atoms with E-state index in [1.807, 2.05) is 6.92 Å². The van der Waals surface area contributed by atoms with Gasteiger partial charge in [-0.2, -0.15) is 10.0 Å². The van der Waals surface area contributed by atoms with E-state index in [-0.39, 0.29) is 5.44 Å². The van der Waals surface area contributed by atoms with E-state index < -0.39 is 10.0 Å². The molecule has 162 valence electrons. The summed E-state index contributed by atoms with van der Waals surface area (Å²) in [6.07, 6.45) is 6.58. The first-order valence-electron chi connectivity index (χ1n) is 10.0. The average Bonchev–Trinajstić information content (AvgIpc) is 3.15. The SMILES string of the molecule is CC=Cc1cc(OC)c(C)c2c1-c1c(cc(OC)c(OC)c1OC)C1OCCS21C. The highest BCUT2D eigenvalue weighted by Crippen LogP contribution is 2.75. The minimum Gasteiger partial charge on any atom is -0.496 e. The van der Waals surface area contributed by atoms with Crippen molar-refractivity contribution in [2.45, 2.75) is 24.2 Å². The first-order chi connectivity index (χ1) is 14.5. The Morgan fingerprint density at radius 3 is 2.27 bits per heavy atom. The van der Waals surface area contributed by atoms with Crippen LogP contribution in [0.25, 0.3) is 17.2 Å². The van der Waals surface area contributed by atoms with Crippen molar-refractivity contribution in [2.24, 2.45) is 0 Å². The lowest BCUT2D eigenvalue weighted by molar-refractivity contribution is 0.143. The Hall–Kier alpha value is -2.31. The van der Waals surface area contributed by atoms with Gasteiger partial charge in [-0.15, -0.1) is 0 Å². The lowest BCUT2D eigenvalue weighted by Crippen LogP contribution is -2.18. The van der Waals surface area contributed by atoms with Crippen LogP contribution in [0.1, 0.15) is 29.1 Å². The van der Waals surface area contributed by atoms with E-state index in [0.29, 0.717) is 17.2 Å². The summed E-state index contributed by atoms with van der Waals surface area (Å²) in [6.45, 7) is 4.93. The van der Waals surface area contributed by atoms with Crippen LogP contribution in [0.4, 0.5) is 0 Å². The van der Waals surface area contributed by atoms with Gasteiger partial charge in [0, 0.05) is 32.9 Å². The molecular formula is C24H30O5S. The average molecular weight is 431 g/mol. The van der Waals surface area contributed by atoms with Gasteiger partial charge in [-0.3, -0.25) is 0 Å². The Labute approximate surface area is 180 Å². The van der Waals surface area contributed by atoms with Crippen LogP contribution in [-0.2, 0) is 4.74 Å². The summed E-state index contributed by atoms with van der Waals surface area (Å²) in [5, 5.41) is 0.